The highest BCUT2D eigenvalue weighted by atomic mass is 16.5. The van der Waals surface area contributed by atoms with Gasteiger partial charge in [0.2, 0.25) is 5.75 Å². The Bertz CT molecular complexity index is 1260. The van der Waals surface area contributed by atoms with Gasteiger partial charge >= 0.3 is 6.71 Å². The molecule has 0 unspecified atom stereocenters. The average molecular weight is 379 g/mol. The van der Waals surface area contributed by atoms with Crippen LogP contribution in [-0.2, 0) is 14.1 Å². The SMILES string of the molecule is C[n+]1cncc2c1B1c3c(cccc3N(c3ccccc3)c3cnc[n+](C)c31)O2. The van der Waals surface area contributed by atoms with Gasteiger partial charge in [-0.25, -0.2) is 9.13 Å². The third-order valence-electron chi connectivity index (χ3n) is 5.74. The van der Waals surface area contributed by atoms with Gasteiger partial charge in [0.05, 0.1) is 14.1 Å². The van der Waals surface area contributed by atoms with E-state index in [4.69, 9.17) is 4.74 Å². The molecule has 0 aliphatic carbocycles. The molecule has 7 heteroatoms. The molecule has 0 N–H and O–H groups in total. The summed E-state index contributed by atoms with van der Waals surface area (Å²) in [6, 6.07) is 16.6. The number of aryl methyl sites for hydroxylation is 2. The number of aromatic nitrogens is 4. The first kappa shape index (κ1) is 16.2. The van der Waals surface area contributed by atoms with Gasteiger partial charge in [0.1, 0.15) is 22.6 Å². The Kier molecular flexibility index (Phi) is 3.29. The van der Waals surface area contributed by atoms with Gasteiger partial charge in [-0.1, -0.05) is 34.2 Å². The zero-order chi connectivity index (χ0) is 19.5. The minimum Gasteiger partial charge on any atom is -0.451 e. The van der Waals surface area contributed by atoms with E-state index in [0.717, 1.165) is 34.2 Å². The van der Waals surface area contributed by atoms with Crippen molar-refractivity contribution in [2.45, 2.75) is 0 Å². The monoisotopic (exact) mass is 379 g/mol. The minimum absolute atomic E-state index is 0.0286. The topological polar surface area (TPSA) is 46.0 Å². The van der Waals surface area contributed by atoms with Crippen molar-refractivity contribution in [3.8, 4) is 11.5 Å². The van der Waals surface area contributed by atoms with Gasteiger partial charge in [-0.05, 0) is 24.3 Å². The second-order valence-electron chi connectivity index (χ2n) is 7.42. The molecule has 2 aliphatic heterocycles. The molecule has 0 saturated heterocycles. The van der Waals surface area contributed by atoms with Gasteiger partial charge in [-0.15, -0.1) is 0 Å². The summed E-state index contributed by atoms with van der Waals surface area (Å²) in [5, 5.41) is 0. The Hall–Kier alpha value is -3.74. The number of nitrogens with zero attached hydrogens (tertiary/aromatic N) is 5. The molecule has 29 heavy (non-hydrogen) atoms. The van der Waals surface area contributed by atoms with Crippen LogP contribution in [0.15, 0.2) is 73.6 Å². The number of hydrogen-bond donors (Lipinski definition) is 0. The van der Waals surface area contributed by atoms with Gasteiger partial charge in [-0.3, -0.25) is 0 Å². The van der Waals surface area contributed by atoms with Crippen molar-refractivity contribution < 1.29 is 13.9 Å². The molecule has 6 rings (SSSR count). The van der Waals surface area contributed by atoms with E-state index in [0.29, 0.717) is 0 Å². The summed E-state index contributed by atoms with van der Waals surface area (Å²) < 4.78 is 10.5. The molecule has 0 bridgehead atoms. The van der Waals surface area contributed by atoms with Gasteiger partial charge in [0.25, 0.3) is 12.7 Å². The highest BCUT2D eigenvalue weighted by Gasteiger charge is 2.49. The third kappa shape index (κ3) is 2.18. The summed E-state index contributed by atoms with van der Waals surface area (Å²) in [7, 11) is 4.08. The summed E-state index contributed by atoms with van der Waals surface area (Å²) >= 11 is 0. The lowest BCUT2D eigenvalue weighted by Gasteiger charge is -2.37. The van der Waals surface area contributed by atoms with E-state index < -0.39 is 0 Å². The van der Waals surface area contributed by atoms with E-state index in [1.54, 1.807) is 6.20 Å². The maximum Gasteiger partial charge on any atom is 0.356 e. The standard InChI is InChI=1S/C22H18BN5O/c1-26-13-24-11-17-21(26)23-20-16(28(17)15-7-4-3-5-8-15)9-6-10-18(20)29-19-12-25-14-27(2)22(19)23/h3-14H,1-2H3/q+2. The molecular weight excluding hydrogens is 361 g/mol. The van der Waals surface area contributed by atoms with Crippen molar-refractivity contribution in [2.75, 3.05) is 4.90 Å². The Morgan fingerprint density at radius 1 is 0.793 bits per heavy atom. The van der Waals surface area contributed by atoms with Crippen LogP contribution in [0, 0.1) is 0 Å². The molecule has 0 amide bonds. The number of fused-ring (bicyclic) bond motifs is 4. The molecule has 4 aromatic rings. The van der Waals surface area contributed by atoms with Gasteiger partial charge < -0.3 is 9.64 Å². The summed E-state index contributed by atoms with van der Waals surface area (Å²) in [5.41, 5.74) is 6.71. The van der Waals surface area contributed by atoms with Crippen LogP contribution < -0.4 is 35.4 Å². The number of anilines is 3. The summed E-state index contributed by atoms with van der Waals surface area (Å²) in [5.74, 6) is 1.66. The van der Waals surface area contributed by atoms with E-state index in [1.807, 2.05) is 44.1 Å². The smallest absolute Gasteiger partial charge is 0.356 e. The summed E-state index contributed by atoms with van der Waals surface area (Å²) in [6.07, 6.45) is 7.45. The Morgan fingerprint density at radius 3 is 2.38 bits per heavy atom. The molecule has 0 radical (unpaired) electrons. The number of hydrogen-bond acceptors (Lipinski definition) is 4. The lowest BCUT2D eigenvalue weighted by molar-refractivity contribution is -0.661. The van der Waals surface area contributed by atoms with E-state index in [1.165, 1.54) is 11.1 Å². The Morgan fingerprint density at radius 2 is 1.55 bits per heavy atom. The first-order valence-electron chi connectivity index (χ1n) is 9.57. The number of para-hydroxylation sites is 1. The van der Waals surface area contributed by atoms with E-state index in [9.17, 15) is 0 Å². The van der Waals surface area contributed by atoms with Crippen LogP contribution in [0.5, 0.6) is 11.5 Å². The Balaban J connectivity index is 1.74. The average Bonchev–Trinajstić information content (AvgIpc) is 2.74. The van der Waals surface area contributed by atoms with Crippen LogP contribution in [0.4, 0.5) is 17.1 Å². The quantitative estimate of drug-likeness (QED) is 0.309. The predicted molar refractivity (Wildman–Crippen MR) is 110 cm³/mol. The molecule has 0 fully saturated rings. The maximum atomic E-state index is 6.31. The van der Waals surface area contributed by atoms with Gasteiger partial charge in [0.15, 0.2) is 12.4 Å². The van der Waals surface area contributed by atoms with Crippen LogP contribution in [0.25, 0.3) is 0 Å². The van der Waals surface area contributed by atoms with Crippen molar-refractivity contribution in [1.29, 1.82) is 0 Å². The molecule has 0 atom stereocenters. The summed E-state index contributed by atoms with van der Waals surface area (Å²) in [6.45, 7) is 0.0286. The Labute approximate surface area is 168 Å². The fourth-order valence-electron chi connectivity index (χ4n) is 4.58. The fourth-order valence-corrected chi connectivity index (χ4v) is 4.58. The van der Waals surface area contributed by atoms with Gasteiger partial charge in [-0.2, -0.15) is 0 Å². The van der Waals surface area contributed by atoms with Crippen LogP contribution >= 0.6 is 0 Å². The fraction of sp³-hybridized carbons (Fsp3) is 0.0909. The second kappa shape index (κ2) is 5.88. The highest BCUT2D eigenvalue weighted by molar-refractivity contribution is 6.97. The van der Waals surface area contributed by atoms with E-state index >= 15 is 0 Å². The maximum absolute atomic E-state index is 6.31. The largest absolute Gasteiger partial charge is 0.451 e. The van der Waals surface area contributed by atoms with Crippen LogP contribution in [0.1, 0.15) is 0 Å². The van der Waals surface area contributed by atoms with Gasteiger partial charge in [0, 0.05) is 16.8 Å². The van der Waals surface area contributed by atoms with Crippen molar-refractivity contribution in [3.63, 3.8) is 0 Å². The van der Waals surface area contributed by atoms with Crippen molar-refractivity contribution in [1.82, 2.24) is 9.97 Å². The summed E-state index contributed by atoms with van der Waals surface area (Å²) in [4.78, 5) is 11.1. The lowest BCUT2D eigenvalue weighted by Crippen LogP contribution is -2.74. The highest BCUT2D eigenvalue weighted by Crippen LogP contribution is 2.38. The molecule has 0 saturated carbocycles. The minimum atomic E-state index is 0.0286. The molecule has 4 heterocycles. The molecule has 2 aromatic heterocycles. The molecular formula is C22H18BN5O+2. The van der Waals surface area contributed by atoms with Crippen LogP contribution in [0.2, 0.25) is 0 Å². The second-order valence-corrected chi connectivity index (χ2v) is 7.42. The van der Waals surface area contributed by atoms with Crippen molar-refractivity contribution >= 4 is 40.4 Å². The van der Waals surface area contributed by atoms with Crippen LogP contribution in [0.3, 0.4) is 0 Å². The normalized spacial score (nSPS) is 13.3. The number of benzene rings is 2. The molecule has 138 valence electrons. The number of rotatable bonds is 1. The van der Waals surface area contributed by atoms with E-state index in [-0.39, 0.29) is 6.71 Å². The zero-order valence-corrected chi connectivity index (χ0v) is 16.1. The van der Waals surface area contributed by atoms with E-state index in [2.05, 4.69) is 61.4 Å². The van der Waals surface area contributed by atoms with Crippen LogP contribution in [-0.4, -0.2) is 16.7 Å². The first-order valence-corrected chi connectivity index (χ1v) is 9.57. The zero-order valence-electron chi connectivity index (χ0n) is 16.1. The lowest BCUT2D eigenvalue weighted by atomic mass is 9.37. The molecule has 2 aromatic carbocycles. The van der Waals surface area contributed by atoms with Crippen molar-refractivity contribution in [3.05, 3.63) is 73.6 Å². The third-order valence-corrected chi connectivity index (χ3v) is 5.74. The molecule has 0 spiro atoms. The van der Waals surface area contributed by atoms with Crippen molar-refractivity contribution in [2.24, 2.45) is 14.1 Å². The number of ether oxygens (including phenoxy) is 1. The molecule has 6 nitrogen and oxygen atoms in total. The first-order chi connectivity index (χ1) is 14.2. The predicted octanol–water partition coefficient (Wildman–Crippen LogP) is 0.531. The molecule has 2 aliphatic rings.